The van der Waals surface area contributed by atoms with Gasteiger partial charge in [0.2, 0.25) is 5.88 Å². The van der Waals surface area contributed by atoms with E-state index in [0.29, 0.717) is 15.8 Å². The zero-order chi connectivity index (χ0) is 22.5. The lowest BCUT2D eigenvalue weighted by molar-refractivity contribution is -0.139. The van der Waals surface area contributed by atoms with Crippen molar-refractivity contribution in [2.75, 3.05) is 12.4 Å². The highest BCUT2D eigenvalue weighted by molar-refractivity contribution is 7.99. The molecule has 0 fully saturated rings. The number of aryl methyl sites for hydroxylation is 1. The number of carbonyl (C=O) groups excluding carboxylic acids is 1. The van der Waals surface area contributed by atoms with Crippen LogP contribution in [0.1, 0.15) is 24.0 Å². The third-order valence-corrected chi connectivity index (χ3v) is 6.67. The Balaban J connectivity index is 2.08. The molecule has 8 heteroatoms. The van der Waals surface area contributed by atoms with Crippen LogP contribution >= 0.6 is 35.0 Å². The van der Waals surface area contributed by atoms with Gasteiger partial charge in [0, 0.05) is 4.90 Å². The third kappa shape index (κ3) is 5.01. The summed E-state index contributed by atoms with van der Waals surface area (Å²) in [6.45, 7) is 3.87. The highest BCUT2D eigenvalue weighted by Gasteiger charge is 2.37. The number of ether oxygens (including phenoxy) is 2. The van der Waals surface area contributed by atoms with E-state index in [1.807, 2.05) is 37.3 Å². The van der Waals surface area contributed by atoms with Gasteiger partial charge in [-0.3, -0.25) is 0 Å². The zero-order valence-electron chi connectivity index (χ0n) is 16.9. The molecule has 2 aromatic carbocycles. The van der Waals surface area contributed by atoms with Gasteiger partial charge in [-0.25, -0.2) is 4.79 Å². The molecule has 0 aromatic heterocycles. The molecule has 0 bridgehead atoms. The molecule has 0 unspecified atom stereocenters. The zero-order valence-corrected chi connectivity index (χ0v) is 19.3. The summed E-state index contributed by atoms with van der Waals surface area (Å²) in [5.41, 5.74) is 8.31. The van der Waals surface area contributed by atoms with Gasteiger partial charge in [-0.1, -0.05) is 59.1 Å². The van der Waals surface area contributed by atoms with Crippen LogP contribution in [0.15, 0.2) is 70.1 Å². The molecule has 2 N–H and O–H groups in total. The number of rotatable bonds is 6. The lowest BCUT2D eigenvalue weighted by Crippen LogP contribution is -2.27. The molecule has 0 amide bonds. The van der Waals surface area contributed by atoms with Gasteiger partial charge in [-0.15, -0.1) is 11.8 Å². The summed E-state index contributed by atoms with van der Waals surface area (Å²) in [5.74, 6) is -0.712. The van der Waals surface area contributed by atoms with Crippen LogP contribution < -0.4 is 5.73 Å². The fraction of sp³-hybridized carbons (Fsp3) is 0.217. The minimum Gasteiger partial charge on any atom is -0.463 e. The number of hydrogen-bond acceptors (Lipinski definition) is 6. The molecule has 1 aliphatic heterocycles. The van der Waals surface area contributed by atoms with Crippen LogP contribution in [0.2, 0.25) is 10.0 Å². The van der Waals surface area contributed by atoms with Crippen molar-refractivity contribution in [3.8, 4) is 6.07 Å². The van der Waals surface area contributed by atoms with Crippen molar-refractivity contribution in [2.24, 2.45) is 5.73 Å². The summed E-state index contributed by atoms with van der Waals surface area (Å²) in [6, 6.07) is 15.0. The molecular weight excluding hydrogens is 455 g/mol. The highest BCUT2D eigenvalue weighted by atomic mass is 35.5. The minimum absolute atomic E-state index is 0.0334. The van der Waals surface area contributed by atoms with E-state index in [9.17, 15) is 10.1 Å². The van der Waals surface area contributed by atoms with Gasteiger partial charge in [0.15, 0.2) is 0 Å². The smallest absolute Gasteiger partial charge is 0.338 e. The number of nitrogens with two attached hydrogens (primary N) is 1. The molecule has 0 saturated heterocycles. The molecule has 0 saturated carbocycles. The van der Waals surface area contributed by atoms with Crippen LogP contribution in [-0.4, -0.2) is 18.3 Å². The Bertz CT molecular complexity index is 1100. The Morgan fingerprint density at radius 2 is 1.97 bits per heavy atom. The number of thioether (sulfide) groups is 1. The summed E-state index contributed by atoms with van der Waals surface area (Å²) in [7, 11) is 0. The molecule has 160 valence electrons. The van der Waals surface area contributed by atoms with Crippen molar-refractivity contribution in [2.45, 2.75) is 24.7 Å². The standard InChI is InChI=1S/C23H20Cl2N2O3S/c1-3-29-23(28)20-17(12-31-18-6-4-5-16(24)21(18)25)30-22(27)15(11-26)19(20)14-9-7-13(2)8-10-14/h4-10,19H,3,12,27H2,1-2H3/t19-/m1/s1. The summed E-state index contributed by atoms with van der Waals surface area (Å²) < 4.78 is 11.1. The first-order valence-electron chi connectivity index (χ1n) is 9.48. The predicted molar refractivity (Wildman–Crippen MR) is 123 cm³/mol. The molecule has 3 rings (SSSR count). The van der Waals surface area contributed by atoms with Crippen LogP contribution in [0.25, 0.3) is 0 Å². The molecule has 1 heterocycles. The van der Waals surface area contributed by atoms with Crippen molar-refractivity contribution in [3.63, 3.8) is 0 Å². The van der Waals surface area contributed by atoms with Gasteiger partial charge in [0.1, 0.15) is 17.4 Å². The SMILES string of the molecule is CCOC(=O)C1=C(CSc2cccc(Cl)c2Cl)OC(N)=C(C#N)[C@H]1c1ccc(C)cc1. The van der Waals surface area contributed by atoms with Crippen molar-refractivity contribution in [3.05, 3.63) is 86.4 Å². The quantitative estimate of drug-likeness (QED) is 0.425. The van der Waals surface area contributed by atoms with E-state index >= 15 is 0 Å². The molecule has 0 spiro atoms. The van der Waals surface area contributed by atoms with Crippen molar-refractivity contribution >= 4 is 40.9 Å². The van der Waals surface area contributed by atoms with Gasteiger partial charge >= 0.3 is 5.97 Å². The second-order valence-electron chi connectivity index (χ2n) is 6.73. The van der Waals surface area contributed by atoms with Crippen LogP contribution in [0, 0.1) is 18.3 Å². The second-order valence-corrected chi connectivity index (χ2v) is 8.54. The summed E-state index contributed by atoms with van der Waals surface area (Å²) >= 11 is 13.8. The molecule has 2 aromatic rings. The average Bonchev–Trinajstić information content (AvgIpc) is 2.75. The number of halogens is 2. The molecule has 0 radical (unpaired) electrons. The molecule has 1 aliphatic rings. The molecule has 0 aliphatic carbocycles. The Labute approximate surface area is 195 Å². The average molecular weight is 475 g/mol. The summed E-state index contributed by atoms with van der Waals surface area (Å²) in [5, 5.41) is 10.6. The molecule has 5 nitrogen and oxygen atoms in total. The van der Waals surface area contributed by atoms with Crippen LogP contribution in [0.5, 0.6) is 0 Å². The number of allylic oxidation sites excluding steroid dienone is 1. The number of benzene rings is 2. The second kappa shape index (κ2) is 10.1. The largest absolute Gasteiger partial charge is 0.463 e. The maximum absolute atomic E-state index is 13.0. The number of esters is 1. The van der Waals surface area contributed by atoms with Gasteiger partial charge < -0.3 is 15.2 Å². The normalized spacial score (nSPS) is 16.0. The first-order valence-corrected chi connectivity index (χ1v) is 11.2. The van der Waals surface area contributed by atoms with E-state index in [-0.39, 0.29) is 29.4 Å². The molecule has 31 heavy (non-hydrogen) atoms. The van der Waals surface area contributed by atoms with Gasteiger partial charge in [-0.05, 0) is 31.5 Å². The number of hydrogen-bond donors (Lipinski definition) is 1. The Hall–Kier alpha value is -2.59. The highest BCUT2D eigenvalue weighted by Crippen LogP contribution is 2.42. The van der Waals surface area contributed by atoms with E-state index in [2.05, 4.69) is 6.07 Å². The first-order chi connectivity index (χ1) is 14.9. The summed E-state index contributed by atoms with van der Waals surface area (Å²) in [4.78, 5) is 13.7. The number of nitriles is 1. The van der Waals surface area contributed by atoms with Crippen LogP contribution in [-0.2, 0) is 14.3 Å². The lowest BCUT2D eigenvalue weighted by atomic mass is 9.83. The van der Waals surface area contributed by atoms with Gasteiger partial charge in [-0.2, -0.15) is 5.26 Å². The topological polar surface area (TPSA) is 85.3 Å². The Kier molecular flexibility index (Phi) is 7.55. The van der Waals surface area contributed by atoms with Crippen molar-refractivity contribution < 1.29 is 14.3 Å². The van der Waals surface area contributed by atoms with Crippen LogP contribution in [0.4, 0.5) is 0 Å². The van der Waals surface area contributed by atoms with Gasteiger partial charge in [0.05, 0.1) is 33.9 Å². The maximum atomic E-state index is 13.0. The van der Waals surface area contributed by atoms with Gasteiger partial charge in [0.25, 0.3) is 0 Å². The first kappa shape index (κ1) is 23.1. The van der Waals surface area contributed by atoms with Crippen molar-refractivity contribution in [1.29, 1.82) is 5.26 Å². The fourth-order valence-electron chi connectivity index (χ4n) is 3.19. The lowest BCUT2D eigenvalue weighted by Gasteiger charge is -2.28. The Morgan fingerprint density at radius 3 is 2.61 bits per heavy atom. The number of carbonyl (C=O) groups is 1. The van der Waals surface area contributed by atoms with E-state index in [1.165, 1.54) is 11.8 Å². The molecule has 1 atom stereocenters. The van der Waals surface area contributed by atoms with E-state index in [1.54, 1.807) is 19.1 Å². The van der Waals surface area contributed by atoms with Crippen molar-refractivity contribution in [1.82, 2.24) is 0 Å². The molecular formula is C23H20Cl2N2O3S. The minimum atomic E-state index is -0.691. The monoisotopic (exact) mass is 474 g/mol. The van der Waals surface area contributed by atoms with E-state index in [0.717, 1.165) is 16.0 Å². The maximum Gasteiger partial charge on any atom is 0.338 e. The van der Waals surface area contributed by atoms with Crippen LogP contribution in [0.3, 0.4) is 0 Å². The Morgan fingerprint density at radius 1 is 1.26 bits per heavy atom. The summed E-state index contributed by atoms with van der Waals surface area (Å²) in [6.07, 6.45) is 0. The number of nitrogens with zero attached hydrogens (tertiary/aromatic N) is 1. The third-order valence-electron chi connectivity index (χ3n) is 4.68. The van der Waals surface area contributed by atoms with E-state index < -0.39 is 11.9 Å². The van der Waals surface area contributed by atoms with E-state index in [4.69, 9.17) is 38.4 Å². The fourth-order valence-corrected chi connectivity index (χ4v) is 4.62. The predicted octanol–water partition coefficient (Wildman–Crippen LogP) is 5.72.